The lowest BCUT2D eigenvalue weighted by atomic mass is 10.1. The quantitative estimate of drug-likeness (QED) is 0.351. The second-order valence-electron chi connectivity index (χ2n) is 9.26. The molecule has 3 N–H and O–H groups in total. The minimum absolute atomic E-state index is 0.0645. The van der Waals surface area contributed by atoms with E-state index in [4.69, 9.17) is 15.7 Å². The van der Waals surface area contributed by atoms with E-state index < -0.39 is 0 Å². The van der Waals surface area contributed by atoms with Crippen molar-refractivity contribution in [2.75, 3.05) is 5.73 Å². The zero-order valence-electron chi connectivity index (χ0n) is 21.1. The van der Waals surface area contributed by atoms with Gasteiger partial charge >= 0.3 is 0 Å². The highest BCUT2D eigenvalue weighted by molar-refractivity contribution is 5.94. The first-order valence-electron chi connectivity index (χ1n) is 12.4. The van der Waals surface area contributed by atoms with Crippen LogP contribution in [0.5, 0.6) is 0 Å². The molecule has 0 fully saturated rings. The van der Waals surface area contributed by atoms with Gasteiger partial charge in [-0.3, -0.25) is 14.3 Å². The molecule has 0 radical (unpaired) electrons. The Bertz CT molecular complexity index is 1760. The standard InChI is InChI=1S/C30H25N7O/c1-3-5-21-10-14-26-29(34-21)37(28(35-26)24-6-4-15-32-27(24)31)22-11-12-23-19(16-22)9-13-25(23)36-30(38)20-8-7-18(2)33-17-20/h4,6-8,10-12,14-17,25H,9,13H2,1-2H3,(H2,31,32)(H,36,38)/t25-/m0/s1. The summed E-state index contributed by atoms with van der Waals surface area (Å²) >= 11 is 0. The maximum Gasteiger partial charge on any atom is 0.253 e. The number of amides is 1. The largest absolute Gasteiger partial charge is 0.383 e. The monoisotopic (exact) mass is 499 g/mol. The molecule has 1 aliphatic carbocycles. The number of hydrogen-bond acceptors (Lipinski definition) is 6. The van der Waals surface area contributed by atoms with Crippen LogP contribution in [0.15, 0.2) is 67.0 Å². The van der Waals surface area contributed by atoms with Crippen LogP contribution >= 0.6 is 0 Å². The Morgan fingerprint density at radius 2 is 2.00 bits per heavy atom. The summed E-state index contributed by atoms with van der Waals surface area (Å²) in [6.07, 6.45) is 4.95. The fourth-order valence-corrected chi connectivity index (χ4v) is 4.92. The Morgan fingerprint density at radius 3 is 2.79 bits per heavy atom. The summed E-state index contributed by atoms with van der Waals surface area (Å²) < 4.78 is 2.01. The van der Waals surface area contributed by atoms with E-state index in [1.165, 1.54) is 5.56 Å². The molecule has 6 rings (SSSR count). The Hall–Kier alpha value is -5.03. The van der Waals surface area contributed by atoms with Crippen molar-refractivity contribution in [3.8, 4) is 28.9 Å². The highest BCUT2D eigenvalue weighted by atomic mass is 16.1. The average molecular weight is 500 g/mol. The van der Waals surface area contributed by atoms with Gasteiger partial charge in [-0.15, -0.1) is 0 Å². The Kier molecular flexibility index (Phi) is 5.81. The number of rotatable bonds is 4. The van der Waals surface area contributed by atoms with Crippen LogP contribution in [0.1, 0.15) is 52.3 Å². The smallest absolute Gasteiger partial charge is 0.253 e. The molecule has 0 saturated heterocycles. The van der Waals surface area contributed by atoms with E-state index in [1.54, 1.807) is 25.4 Å². The van der Waals surface area contributed by atoms with Gasteiger partial charge in [-0.2, -0.15) is 0 Å². The van der Waals surface area contributed by atoms with Gasteiger partial charge in [0.15, 0.2) is 11.5 Å². The van der Waals surface area contributed by atoms with Crippen LogP contribution in [0, 0.1) is 18.8 Å². The van der Waals surface area contributed by atoms with Crippen LogP contribution in [0.2, 0.25) is 0 Å². The van der Waals surface area contributed by atoms with Gasteiger partial charge in [0.25, 0.3) is 5.91 Å². The van der Waals surface area contributed by atoms with Crippen molar-refractivity contribution in [1.82, 2.24) is 29.8 Å². The third-order valence-electron chi connectivity index (χ3n) is 6.78. The maximum atomic E-state index is 12.8. The number of fused-ring (bicyclic) bond motifs is 2. The first-order valence-corrected chi connectivity index (χ1v) is 12.4. The molecule has 0 aliphatic heterocycles. The molecule has 1 amide bonds. The number of carbonyl (C=O) groups is 1. The normalized spacial score (nSPS) is 14.1. The second-order valence-corrected chi connectivity index (χ2v) is 9.26. The van der Waals surface area contributed by atoms with Gasteiger partial charge in [0.2, 0.25) is 0 Å². The highest BCUT2D eigenvalue weighted by Crippen LogP contribution is 2.36. The molecule has 0 saturated carbocycles. The Morgan fingerprint density at radius 1 is 1.11 bits per heavy atom. The van der Waals surface area contributed by atoms with Gasteiger partial charge < -0.3 is 11.1 Å². The van der Waals surface area contributed by atoms with Crippen LogP contribution in [0.3, 0.4) is 0 Å². The van der Waals surface area contributed by atoms with E-state index in [0.717, 1.165) is 40.9 Å². The van der Waals surface area contributed by atoms with E-state index >= 15 is 0 Å². The average Bonchev–Trinajstić information content (AvgIpc) is 3.50. The topological polar surface area (TPSA) is 112 Å². The van der Waals surface area contributed by atoms with Crippen molar-refractivity contribution in [3.63, 3.8) is 0 Å². The Labute approximate surface area is 220 Å². The Balaban J connectivity index is 1.41. The number of nitrogen functional groups attached to an aromatic ring is 1. The number of hydrogen-bond donors (Lipinski definition) is 2. The number of anilines is 1. The number of benzene rings is 1. The van der Waals surface area contributed by atoms with Crippen molar-refractivity contribution < 1.29 is 4.79 Å². The molecule has 8 heteroatoms. The van der Waals surface area contributed by atoms with Crippen molar-refractivity contribution in [3.05, 3.63) is 95.1 Å². The maximum absolute atomic E-state index is 12.8. The van der Waals surface area contributed by atoms with E-state index in [1.807, 2.05) is 47.9 Å². The second kappa shape index (κ2) is 9.45. The van der Waals surface area contributed by atoms with Crippen molar-refractivity contribution in [2.24, 2.45) is 0 Å². The number of nitrogens with zero attached hydrogens (tertiary/aromatic N) is 5. The predicted octanol–water partition coefficient (Wildman–Crippen LogP) is 4.56. The molecule has 4 aromatic heterocycles. The number of nitrogens with one attached hydrogen (secondary N) is 1. The summed E-state index contributed by atoms with van der Waals surface area (Å²) in [5.74, 6) is 6.89. The molecule has 5 aromatic rings. The van der Waals surface area contributed by atoms with Crippen LogP contribution in [0.4, 0.5) is 5.82 Å². The predicted molar refractivity (Wildman–Crippen MR) is 147 cm³/mol. The SMILES string of the molecule is CC#Cc1ccc2nc(-c3cccnc3N)n(-c3ccc4c(c3)CC[C@@H]4NC(=O)c3ccc(C)nc3)c2n1. The highest BCUT2D eigenvalue weighted by Gasteiger charge is 2.26. The molecule has 1 aliphatic rings. The van der Waals surface area contributed by atoms with Gasteiger partial charge in [-0.25, -0.2) is 15.0 Å². The van der Waals surface area contributed by atoms with Crippen LogP contribution in [-0.4, -0.2) is 30.4 Å². The third kappa shape index (κ3) is 4.14. The zero-order chi connectivity index (χ0) is 26.2. The minimum atomic E-state index is -0.122. The van der Waals surface area contributed by atoms with Gasteiger partial charge in [-0.05, 0) is 92.3 Å². The molecular formula is C30H25N7O. The summed E-state index contributed by atoms with van der Waals surface area (Å²) in [7, 11) is 0. The lowest BCUT2D eigenvalue weighted by Gasteiger charge is -2.16. The fraction of sp³-hybridized carbons (Fsp3) is 0.167. The number of nitrogens with two attached hydrogens (primary N) is 1. The molecule has 1 atom stereocenters. The number of carbonyl (C=O) groups excluding carboxylic acids is 1. The van der Waals surface area contributed by atoms with Crippen LogP contribution < -0.4 is 11.1 Å². The zero-order valence-corrected chi connectivity index (χ0v) is 21.1. The molecule has 0 unspecified atom stereocenters. The molecule has 1 aromatic carbocycles. The van der Waals surface area contributed by atoms with Gasteiger partial charge in [0.05, 0.1) is 17.2 Å². The van der Waals surface area contributed by atoms with E-state index in [0.29, 0.717) is 28.5 Å². The first-order chi connectivity index (χ1) is 18.5. The summed E-state index contributed by atoms with van der Waals surface area (Å²) in [5, 5.41) is 3.17. The number of aromatic nitrogens is 5. The summed E-state index contributed by atoms with van der Waals surface area (Å²) in [5.41, 5.74) is 13.7. The molecule has 4 heterocycles. The minimum Gasteiger partial charge on any atom is -0.383 e. The van der Waals surface area contributed by atoms with Crippen LogP contribution in [-0.2, 0) is 6.42 Å². The molecule has 38 heavy (non-hydrogen) atoms. The number of aryl methyl sites for hydroxylation is 2. The third-order valence-corrected chi connectivity index (χ3v) is 6.78. The van der Waals surface area contributed by atoms with E-state index in [-0.39, 0.29) is 11.9 Å². The van der Waals surface area contributed by atoms with E-state index in [2.05, 4.69) is 39.3 Å². The lowest BCUT2D eigenvalue weighted by molar-refractivity contribution is 0.0936. The van der Waals surface area contributed by atoms with Crippen molar-refractivity contribution in [1.29, 1.82) is 0 Å². The van der Waals surface area contributed by atoms with Crippen molar-refractivity contribution >= 4 is 22.9 Å². The first kappa shape index (κ1) is 23.4. The van der Waals surface area contributed by atoms with Gasteiger partial charge in [0, 0.05) is 23.8 Å². The van der Waals surface area contributed by atoms with Crippen molar-refractivity contribution in [2.45, 2.75) is 32.7 Å². The molecule has 8 nitrogen and oxygen atoms in total. The number of imidazole rings is 1. The molecule has 0 bridgehead atoms. The summed E-state index contributed by atoms with van der Waals surface area (Å²) in [6.45, 7) is 3.69. The number of pyridine rings is 3. The summed E-state index contributed by atoms with van der Waals surface area (Å²) in [4.78, 5) is 31.0. The fourth-order valence-electron chi connectivity index (χ4n) is 4.92. The van der Waals surface area contributed by atoms with E-state index in [9.17, 15) is 4.79 Å². The van der Waals surface area contributed by atoms with Gasteiger partial charge in [0.1, 0.15) is 17.0 Å². The van der Waals surface area contributed by atoms with Gasteiger partial charge in [-0.1, -0.05) is 12.0 Å². The molecule has 0 spiro atoms. The summed E-state index contributed by atoms with van der Waals surface area (Å²) in [6, 6.07) is 17.4. The lowest BCUT2D eigenvalue weighted by Crippen LogP contribution is -2.27. The molecular weight excluding hydrogens is 474 g/mol. The molecule has 186 valence electrons. The van der Waals surface area contributed by atoms with Crippen LogP contribution in [0.25, 0.3) is 28.2 Å².